The highest BCUT2D eigenvalue weighted by atomic mass is 35.5. The maximum atomic E-state index is 12.4. The van der Waals surface area contributed by atoms with Crippen LogP contribution < -0.4 is 5.32 Å². The summed E-state index contributed by atoms with van der Waals surface area (Å²) in [4.78, 5) is 12.4. The third kappa shape index (κ3) is 4.79. The van der Waals surface area contributed by atoms with E-state index in [4.69, 9.17) is 34.8 Å². The van der Waals surface area contributed by atoms with Crippen LogP contribution in [-0.2, 0) is 14.8 Å². The molecule has 0 saturated heterocycles. The number of anilines is 1. The minimum absolute atomic E-state index is 0.0163. The van der Waals surface area contributed by atoms with Gasteiger partial charge < -0.3 is 5.32 Å². The Hall–Kier alpha value is -1.56. The van der Waals surface area contributed by atoms with Crippen molar-refractivity contribution >= 4 is 73.8 Å². The Morgan fingerprint density at radius 2 is 1.90 bits per heavy atom. The average Bonchev–Trinajstić information content (AvgIpc) is 3.04. The van der Waals surface area contributed by atoms with Crippen LogP contribution in [0.3, 0.4) is 0 Å². The zero-order chi connectivity index (χ0) is 21.3. The van der Waals surface area contributed by atoms with Crippen molar-refractivity contribution in [1.82, 2.24) is 18.9 Å². The Balaban J connectivity index is 1.75. The second-order valence-corrected chi connectivity index (χ2v) is 10.3. The molecule has 8 nitrogen and oxygen atoms in total. The van der Waals surface area contributed by atoms with E-state index >= 15 is 0 Å². The van der Waals surface area contributed by atoms with Crippen molar-refractivity contribution in [1.29, 1.82) is 0 Å². The number of aromatic nitrogens is 3. The number of nitrogens with zero attached hydrogens (tertiary/aromatic N) is 4. The van der Waals surface area contributed by atoms with E-state index in [9.17, 15) is 13.2 Å². The smallest absolute Gasteiger partial charge is 0.242 e. The first-order valence-corrected chi connectivity index (χ1v) is 11.5. The van der Waals surface area contributed by atoms with Crippen LogP contribution in [-0.4, -0.2) is 53.1 Å². The van der Waals surface area contributed by atoms with Crippen LogP contribution in [0.15, 0.2) is 40.5 Å². The summed E-state index contributed by atoms with van der Waals surface area (Å²) in [6.45, 7) is 0. The zero-order valence-corrected chi connectivity index (χ0v) is 19.0. The quantitative estimate of drug-likeness (QED) is 0.525. The van der Waals surface area contributed by atoms with E-state index in [-0.39, 0.29) is 21.4 Å². The molecule has 3 aromatic rings. The fraction of sp³-hybridized carbons (Fsp3) is 0.188. The number of benzene rings is 1. The molecule has 0 aliphatic carbocycles. The van der Waals surface area contributed by atoms with Gasteiger partial charge in [-0.05, 0) is 24.3 Å². The normalized spacial score (nSPS) is 11.9. The molecule has 13 heteroatoms. The van der Waals surface area contributed by atoms with E-state index in [1.54, 1.807) is 16.7 Å². The third-order valence-corrected chi connectivity index (χ3v) is 7.29. The van der Waals surface area contributed by atoms with E-state index in [2.05, 4.69) is 15.5 Å². The molecule has 154 valence electrons. The second-order valence-electron chi connectivity index (χ2n) is 5.95. The van der Waals surface area contributed by atoms with Gasteiger partial charge in [0.2, 0.25) is 15.9 Å². The van der Waals surface area contributed by atoms with Crippen molar-refractivity contribution in [3.63, 3.8) is 0 Å². The number of nitrogens with one attached hydrogen (secondary N) is 1. The number of rotatable bonds is 6. The predicted molar refractivity (Wildman–Crippen MR) is 115 cm³/mol. The van der Waals surface area contributed by atoms with Crippen LogP contribution in [0.25, 0.3) is 5.65 Å². The number of halogens is 3. The molecule has 0 unspecified atom stereocenters. The standard InChI is InChI=1S/C16H14Cl3N5O3S2/c1-23(2)29(26,27)10-3-4-11(18)13(6-10)20-14(25)8-28-16-22-21-15-12(19)5-9(17)7-24(15)16/h3-7H,8H2,1-2H3,(H,20,25). The molecule has 0 saturated carbocycles. The number of sulfonamides is 1. The second kappa shape index (κ2) is 8.66. The highest BCUT2D eigenvalue weighted by Gasteiger charge is 2.19. The van der Waals surface area contributed by atoms with Crippen LogP contribution >= 0.6 is 46.6 Å². The van der Waals surface area contributed by atoms with Gasteiger partial charge in [0.05, 0.1) is 31.4 Å². The average molecular weight is 495 g/mol. The zero-order valence-electron chi connectivity index (χ0n) is 15.1. The Labute approximate surface area is 186 Å². The number of amides is 1. The summed E-state index contributed by atoms with van der Waals surface area (Å²) in [6, 6.07) is 5.64. The van der Waals surface area contributed by atoms with Gasteiger partial charge in [0.15, 0.2) is 10.8 Å². The van der Waals surface area contributed by atoms with Crippen LogP contribution in [0.5, 0.6) is 0 Å². The van der Waals surface area contributed by atoms with Gasteiger partial charge in [-0.3, -0.25) is 9.20 Å². The minimum atomic E-state index is -3.66. The number of carbonyl (C=O) groups is 1. The van der Waals surface area contributed by atoms with Gasteiger partial charge in [-0.1, -0.05) is 46.6 Å². The first-order chi connectivity index (χ1) is 13.6. The Morgan fingerprint density at radius 1 is 1.17 bits per heavy atom. The topological polar surface area (TPSA) is 96.7 Å². The summed E-state index contributed by atoms with van der Waals surface area (Å²) in [7, 11) is -0.827. The lowest BCUT2D eigenvalue weighted by atomic mass is 10.3. The largest absolute Gasteiger partial charge is 0.324 e. The van der Waals surface area contributed by atoms with Crippen molar-refractivity contribution in [2.24, 2.45) is 0 Å². The summed E-state index contributed by atoms with van der Waals surface area (Å²) in [6.07, 6.45) is 1.59. The summed E-state index contributed by atoms with van der Waals surface area (Å²) < 4.78 is 27.2. The van der Waals surface area contributed by atoms with Gasteiger partial charge in [0.25, 0.3) is 0 Å². The summed E-state index contributed by atoms with van der Waals surface area (Å²) in [5.41, 5.74) is 0.612. The molecule has 0 atom stereocenters. The first-order valence-electron chi connectivity index (χ1n) is 7.94. The van der Waals surface area contributed by atoms with E-state index in [1.165, 1.54) is 32.3 Å². The Kier molecular flexibility index (Phi) is 6.61. The molecular formula is C16H14Cl3N5O3S2. The van der Waals surface area contributed by atoms with Gasteiger partial charge in [-0.2, -0.15) is 0 Å². The van der Waals surface area contributed by atoms with E-state index < -0.39 is 15.9 Å². The molecule has 0 aliphatic heterocycles. The SMILES string of the molecule is CN(C)S(=O)(=O)c1ccc(Cl)c(NC(=O)CSc2nnc3c(Cl)cc(Cl)cn23)c1. The van der Waals surface area contributed by atoms with Crippen molar-refractivity contribution in [2.75, 3.05) is 25.2 Å². The molecule has 0 spiro atoms. The number of carbonyl (C=O) groups excluding carboxylic acids is 1. The minimum Gasteiger partial charge on any atom is -0.324 e. The first kappa shape index (κ1) is 22.1. The van der Waals surface area contributed by atoms with Gasteiger partial charge in [-0.25, -0.2) is 12.7 Å². The number of fused-ring (bicyclic) bond motifs is 1. The number of hydrogen-bond acceptors (Lipinski definition) is 6. The van der Waals surface area contributed by atoms with Crippen LogP contribution in [0.1, 0.15) is 0 Å². The fourth-order valence-electron chi connectivity index (χ4n) is 2.29. The third-order valence-electron chi connectivity index (χ3n) is 3.72. The maximum absolute atomic E-state index is 12.4. The van der Waals surface area contributed by atoms with Crippen molar-refractivity contribution in [3.05, 3.63) is 45.5 Å². The van der Waals surface area contributed by atoms with Crippen LogP contribution in [0.2, 0.25) is 15.1 Å². The van der Waals surface area contributed by atoms with Gasteiger partial charge in [-0.15, -0.1) is 10.2 Å². The summed E-state index contributed by atoms with van der Waals surface area (Å²) in [5.74, 6) is -0.424. The number of thioether (sulfide) groups is 1. The highest BCUT2D eigenvalue weighted by molar-refractivity contribution is 7.99. The molecule has 2 aromatic heterocycles. The Morgan fingerprint density at radius 3 is 2.59 bits per heavy atom. The lowest BCUT2D eigenvalue weighted by Gasteiger charge is -2.13. The van der Waals surface area contributed by atoms with E-state index in [0.717, 1.165) is 16.1 Å². The predicted octanol–water partition coefficient (Wildman–Crippen LogP) is 3.67. The molecular weight excluding hydrogens is 481 g/mol. The van der Waals surface area contributed by atoms with Gasteiger partial charge in [0, 0.05) is 20.3 Å². The van der Waals surface area contributed by atoms with Crippen LogP contribution in [0.4, 0.5) is 5.69 Å². The summed E-state index contributed by atoms with van der Waals surface area (Å²) in [5, 5.41) is 12.0. The molecule has 0 aliphatic rings. The molecule has 3 rings (SSSR count). The number of pyridine rings is 1. The molecule has 1 amide bonds. The Bertz CT molecular complexity index is 1200. The molecule has 1 aromatic carbocycles. The lowest BCUT2D eigenvalue weighted by Crippen LogP contribution is -2.22. The van der Waals surface area contributed by atoms with Gasteiger partial charge >= 0.3 is 0 Å². The van der Waals surface area contributed by atoms with Crippen LogP contribution in [0, 0.1) is 0 Å². The lowest BCUT2D eigenvalue weighted by molar-refractivity contribution is -0.113. The van der Waals surface area contributed by atoms with Crippen molar-refractivity contribution in [2.45, 2.75) is 10.1 Å². The molecule has 0 fully saturated rings. The van der Waals surface area contributed by atoms with Crippen molar-refractivity contribution < 1.29 is 13.2 Å². The van der Waals surface area contributed by atoms with Crippen molar-refractivity contribution in [3.8, 4) is 0 Å². The number of hydrogen-bond donors (Lipinski definition) is 1. The molecule has 0 radical (unpaired) electrons. The van der Waals surface area contributed by atoms with E-state index in [1.807, 2.05) is 0 Å². The molecule has 2 heterocycles. The fourth-order valence-corrected chi connectivity index (χ4v) is 4.60. The summed E-state index contributed by atoms with van der Waals surface area (Å²) >= 11 is 19.3. The highest BCUT2D eigenvalue weighted by Crippen LogP contribution is 2.28. The molecule has 29 heavy (non-hydrogen) atoms. The maximum Gasteiger partial charge on any atom is 0.242 e. The molecule has 0 bridgehead atoms. The van der Waals surface area contributed by atoms with Gasteiger partial charge in [0.1, 0.15) is 0 Å². The van der Waals surface area contributed by atoms with E-state index in [0.29, 0.717) is 20.8 Å². The molecule has 1 N–H and O–H groups in total. The monoisotopic (exact) mass is 493 g/mol.